The lowest BCUT2D eigenvalue weighted by Crippen LogP contribution is -2.11. The van der Waals surface area contributed by atoms with Gasteiger partial charge in [0.2, 0.25) is 0 Å². The summed E-state index contributed by atoms with van der Waals surface area (Å²) >= 11 is 0. The molecule has 0 radical (unpaired) electrons. The van der Waals surface area contributed by atoms with Crippen molar-refractivity contribution in [1.29, 1.82) is 0 Å². The van der Waals surface area contributed by atoms with E-state index < -0.39 is 0 Å². The lowest BCUT2D eigenvalue weighted by atomic mass is 10.1. The molecule has 102 valence electrons. The van der Waals surface area contributed by atoms with Crippen LogP contribution in [0.4, 0.5) is 0 Å². The molecular weight excluding hydrogens is 222 g/mol. The topological polar surface area (TPSA) is 35.2 Å². The Kier molecular flexibility index (Phi) is 6.81. The van der Waals surface area contributed by atoms with E-state index in [0.717, 1.165) is 17.7 Å². The number of benzene rings is 1. The Morgan fingerprint density at radius 2 is 1.72 bits per heavy atom. The average Bonchev–Trinajstić information content (AvgIpc) is 2.35. The summed E-state index contributed by atoms with van der Waals surface area (Å²) in [6.45, 7) is 6.37. The highest BCUT2D eigenvalue weighted by molar-refractivity contribution is 5.28. The van der Waals surface area contributed by atoms with Crippen LogP contribution in [0.3, 0.4) is 0 Å². The van der Waals surface area contributed by atoms with Crippen LogP contribution >= 0.6 is 0 Å². The fourth-order valence-corrected chi connectivity index (χ4v) is 2.00. The quantitative estimate of drug-likeness (QED) is 0.691. The molecule has 2 nitrogen and oxygen atoms in total. The fourth-order valence-electron chi connectivity index (χ4n) is 2.00. The Bertz CT molecular complexity index is 318. The second-order valence-electron chi connectivity index (χ2n) is 5.14. The molecule has 0 bridgehead atoms. The third-order valence-corrected chi connectivity index (χ3v) is 3.21. The third kappa shape index (κ3) is 5.54. The van der Waals surface area contributed by atoms with Gasteiger partial charge in [-0.3, -0.25) is 0 Å². The van der Waals surface area contributed by atoms with E-state index in [1.54, 1.807) is 0 Å². The number of unbranched alkanes of at least 4 members (excludes halogenated alkanes) is 3. The molecule has 0 amide bonds. The molecular formula is C16H27NO. The normalized spacial score (nSPS) is 14.2. The number of rotatable bonds is 8. The molecule has 0 heterocycles. The molecule has 0 spiro atoms. The van der Waals surface area contributed by atoms with Crippen molar-refractivity contribution in [3.8, 4) is 5.75 Å². The second-order valence-corrected chi connectivity index (χ2v) is 5.14. The minimum absolute atomic E-state index is 0.0884. The Morgan fingerprint density at radius 1 is 1.06 bits per heavy atom. The highest BCUT2D eigenvalue weighted by atomic mass is 16.5. The van der Waals surface area contributed by atoms with Gasteiger partial charge in [-0.1, -0.05) is 38.3 Å². The lowest BCUT2D eigenvalue weighted by Gasteiger charge is -2.15. The molecule has 2 atom stereocenters. The maximum atomic E-state index is 5.89. The van der Waals surface area contributed by atoms with Gasteiger partial charge in [0.1, 0.15) is 5.75 Å². The second kappa shape index (κ2) is 8.15. The van der Waals surface area contributed by atoms with Crippen LogP contribution in [0.5, 0.6) is 5.75 Å². The first-order valence-electron chi connectivity index (χ1n) is 7.15. The van der Waals surface area contributed by atoms with Crippen LogP contribution in [0.1, 0.15) is 64.5 Å². The maximum Gasteiger partial charge on any atom is 0.119 e. The number of hydrogen-bond acceptors (Lipinski definition) is 2. The molecule has 1 aromatic rings. The molecule has 1 rings (SSSR count). The van der Waals surface area contributed by atoms with Gasteiger partial charge in [0.25, 0.3) is 0 Å². The van der Waals surface area contributed by atoms with Crippen LogP contribution in [0, 0.1) is 0 Å². The summed E-state index contributed by atoms with van der Waals surface area (Å²) in [5.41, 5.74) is 6.97. The molecule has 0 saturated carbocycles. The highest BCUT2D eigenvalue weighted by Gasteiger charge is 2.05. The Balaban J connectivity index is 2.32. The van der Waals surface area contributed by atoms with Crippen LogP contribution in [-0.2, 0) is 0 Å². The molecule has 18 heavy (non-hydrogen) atoms. The minimum atomic E-state index is 0.0884. The van der Waals surface area contributed by atoms with E-state index in [-0.39, 0.29) is 6.04 Å². The van der Waals surface area contributed by atoms with Crippen molar-refractivity contribution in [3.63, 3.8) is 0 Å². The van der Waals surface area contributed by atoms with Gasteiger partial charge >= 0.3 is 0 Å². The Morgan fingerprint density at radius 3 is 2.28 bits per heavy atom. The molecule has 0 aromatic heterocycles. The Hall–Kier alpha value is -1.02. The van der Waals surface area contributed by atoms with Crippen molar-refractivity contribution in [2.24, 2.45) is 5.73 Å². The van der Waals surface area contributed by atoms with Gasteiger partial charge in [-0.25, -0.2) is 0 Å². The van der Waals surface area contributed by atoms with Crippen molar-refractivity contribution in [2.75, 3.05) is 0 Å². The maximum absolute atomic E-state index is 5.89. The van der Waals surface area contributed by atoms with E-state index in [0.29, 0.717) is 6.10 Å². The smallest absolute Gasteiger partial charge is 0.119 e. The van der Waals surface area contributed by atoms with E-state index in [1.165, 1.54) is 25.7 Å². The molecule has 0 saturated heterocycles. The van der Waals surface area contributed by atoms with Gasteiger partial charge in [0.15, 0.2) is 0 Å². The van der Waals surface area contributed by atoms with Crippen molar-refractivity contribution >= 4 is 0 Å². The van der Waals surface area contributed by atoms with Crippen LogP contribution < -0.4 is 10.5 Å². The first kappa shape index (κ1) is 15.0. The van der Waals surface area contributed by atoms with Crippen molar-refractivity contribution in [3.05, 3.63) is 29.8 Å². The molecule has 2 N–H and O–H groups in total. The predicted octanol–water partition coefficient (Wildman–Crippen LogP) is 4.44. The fraction of sp³-hybridized carbons (Fsp3) is 0.625. The van der Waals surface area contributed by atoms with Crippen LogP contribution in [0.2, 0.25) is 0 Å². The van der Waals surface area contributed by atoms with Gasteiger partial charge in [-0.15, -0.1) is 0 Å². The van der Waals surface area contributed by atoms with Gasteiger partial charge in [0.05, 0.1) is 6.10 Å². The van der Waals surface area contributed by atoms with E-state index in [4.69, 9.17) is 10.5 Å². The van der Waals surface area contributed by atoms with Gasteiger partial charge < -0.3 is 10.5 Å². The van der Waals surface area contributed by atoms with Crippen LogP contribution in [0.15, 0.2) is 24.3 Å². The lowest BCUT2D eigenvalue weighted by molar-refractivity contribution is 0.206. The standard InChI is InChI=1S/C16H27NO/c1-4-5-6-7-8-13(2)18-16-11-9-15(10-12-16)14(3)17/h9-14H,4-8,17H2,1-3H3/t13?,14-/m0/s1. The number of nitrogens with two attached hydrogens (primary N) is 1. The molecule has 1 aromatic carbocycles. The molecule has 2 heteroatoms. The number of ether oxygens (including phenoxy) is 1. The van der Waals surface area contributed by atoms with Gasteiger partial charge in [-0.2, -0.15) is 0 Å². The molecule has 0 aliphatic heterocycles. The third-order valence-electron chi connectivity index (χ3n) is 3.21. The minimum Gasteiger partial charge on any atom is -0.491 e. The summed E-state index contributed by atoms with van der Waals surface area (Å²) in [6, 6.07) is 8.21. The van der Waals surface area contributed by atoms with Gasteiger partial charge in [-0.05, 0) is 44.4 Å². The van der Waals surface area contributed by atoms with E-state index in [2.05, 4.69) is 13.8 Å². The average molecular weight is 249 g/mol. The van der Waals surface area contributed by atoms with E-state index in [9.17, 15) is 0 Å². The Labute approximate surface area is 112 Å². The largest absolute Gasteiger partial charge is 0.491 e. The predicted molar refractivity (Wildman–Crippen MR) is 77.9 cm³/mol. The summed E-state index contributed by atoms with van der Waals surface area (Å²) in [4.78, 5) is 0. The highest BCUT2D eigenvalue weighted by Crippen LogP contribution is 2.18. The summed E-state index contributed by atoms with van der Waals surface area (Å²) in [7, 11) is 0. The summed E-state index contributed by atoms with van der Waals surface area (Å²) in [5, 5.41) is 0. The molecule has 0 fully saturated rings. The number of hydrogen-bond donors (Lipinski definition) is 1. The zero-order valence-electron chi connectivity index (χ0n) is 12.0. The van der Waals surface area contributed by atoms with Crippen molar-refractivity contribution < 1.29 is 4.74 Å². The van der Waals surface area contributed by atoms with Gasteiger partial charge in [0, 0.05) is 6.04 Å². The summed E-state index contributed by atoms with van der Waals surface area (Å²) in [5.74, 6) is 0.947. The first-order chi connectivity index (χ1) is 8.63. The SMILES string of the molecule is CCCCCCC(C)Oc1ccc([C@H](C)N)cc1. The molecule has 1 unspecified atom stereocenters. The van der Waals surface area contributed by atoms with Crippen molar-refractivity contribution in [2.45, 2.75) is 65.0 Å². The van der Waals surface area contributed by atoms with E-state index >= 15 is 0 Å². The first-order valence-corrected chi connectivity index (χ1v) is 7.15. The van der Waals surface area contributed by atoms with Crippen LogP contribution in [0.25, 0.3) is 0 Å². The van der Waals surface area contributed by atoms with E-state index in [1.807, 2.05) is 31.2 Å². The van der Waals surface area contributed by atoms with Crippen molar-refractivity contribution in [1.82, 2.24) is 0 Å². The molecule has 0 aliphatic rings. The zero-order valence-corrected chi connectivity index (χ0v) is 12.0. The summed E-state index contributed by atoms with van der Waals surface area (Å²) < 4.78 is 5.89. The zero-order chi connectivity index (χ0) is 13.4. The summed E-state index contributed by atoms with van der Waals surface area (Å²) in [6.07, 6.45) is 6.61. The molecule has 0 aliphatic carbocycles. The van der Waals surface area contributed by atoms with Crippen LogP contribution in [-0.4, -0.2) is 6.10 Å². The monoisotopic (exact) mass is 249 g/mol.